The number of amides is 2. The van der Waals surface area contributed by atoms with Crippen LogP contribution < -0.4 is 14.2 Å². The number of hydrogen-bond donors (Lipinski definition) is 1. The van der Waals surface area contributed by atoms with E-state index in [0.717, 1.165) is 11.1 Å². The molecule has 3 aromatic rings. The average molecular weight is 544 g/mol. The molecule has 0 fully saturated rings. The van der Waals surface area contributed by atoms with Crippen molar-refractivity contribution in [2.75, 3.05) is 33.5 Å². The molecule has 0 saturated carbocycles. The largest absolute Gasteiger partial charge is 0.472 e. The lowest BCUT2D eigenvalue weighted by atomic mass is 9.99. The third-order valence-electron chi connectivity index (χ3n) is 7.23. The van der Waals surface area contributed by atoms with Crippen LogP contribution in [0, 0.1) is 5.92 Å². The van der Waals surface area contributed by atoms with Crippen molar-refractivity contribution in [1.29, 1.82) is 0 Å². The van der Waals surface area contributed by atoms with Crippen molar-refractivity contribution in [2.24, 2.45) is 5.92 Å². The number of carbonyl (C=O) groups excluding carboxylic acids is 2. The fraction of sp³-hybridized carbons (Fsp3) is 0.323. The van der Waals surface area contributed by atoms with Gasteiger partial charge >= 0.3 is 0 Å². The van der Waals surface area contributed by atoms with Crippen LogP contribution in [0.2, 0.25) is 0 Å². The van der Waals surface area contributed by atoms with Gasteiger partial charge in [-0.15, -0.1) is 0 Å². The van der Waals surface area contributed by atoms with Crippen LogP contribution in [0.5, 0.6) is 17.4 Å². The highest BCUT2D eigenvalue weighted by molar-refractivity contribution is 5.97. The van der Waals surface area contributed by atoms with Crippen LogP contribution in [-0.4, -0.2) is 77.4 Å². The minimum Gasteiger partial charge on any atom is -0.472 e. The topological polar surface area (TPSA) is 101 Å². The molecule has 0 radical (unpaired) electrons. The van der Waals surface area contributed by atoms with Gasteiger partial charge in [0.05, 0.1) is 19.2 Å². The van der Waals surface area contributed by atoms with Crippen LogP contribution in [0.3, 0.4) is 0 Å². The van der Waals surface area contributed by atoms with E-state index in [2.05, 4.69) is 4.98 Å². The molecular formula is C31H33N3O6. The molecule has 2 aliphatic heterocycles. The van der Waals surface area contributed by atoms with Gasteiger partial charge in [0.2, 0.25) is 12.7 Å². The Labute approximate surface area is 233 Å². The van der Waals surface area contributed by atoms with Crippen molar-refractivity contribution in [3.63, 3.8) is 0 Å². The van der Waals surface area contributed by atoms with Gasteiger partial charge in [0.1, 0.15) is 11.7 Å². The van der Waals surface area contributed by atoms with E-state index in [1.807, 2.05) is 56.3 Å². The molecule has 3 atom stereocenters. The Hall–Kier alpha value is -4.37. The average Bonchev–Trinajstić information content (AvgIpc) is 3.45. The van der Waals surface area contributed by atoms with Gasteiger partial charge in [0.25, 0.3) is 11.8 Å². The quantitative estimate of drug-likeness (QED) is 0.481. The normalized spacial score (nSPS) is 19.0. The second-order valence-corrected chi connectivity index (χ2v) is 10.2. The SMILES string of the molecule is C[C@@H]1CN([C@H](C)CO)C(=O)c2cc(/C=C/c3ccccc3)cnc2O[C@H]1CN(C)C(=O)c1ccc2c(c1)OCO2. The molecule has 5 rings (SSSR count). The third-order valence-corrected chi connectivity index (χ3v) is 7.23. The molecule has 1 aromatic heterocycles. The van der Waals surface area contributed by atoms with E-state index in [9.17, 15) is 14.7 Å². The lowest BCUT2D eigenvalue weighted by Gasteiger charge is -2.37. The van der Waals surface area contributed by atoms with Gasteiger partial charge in [-0.2, -0.15) is 0 Å². The highest BCUT2D eigenvalue weighted by Crippen LogP contribution is 2.33. The smallest absolute Gasteiger partial charge is 0.259 e. The van der Waals surface area contributed by atoms with Crippen LogP contribution in [0.25, 0.3) is 12.2 Å². The monoisotopic (exact) mass is 543 g/mol. The summed E-state index contributed by atoms with van der Waals surface area (Å²) in [6.45, 7) is 4.35. The maximum absolute atomic E-state index is 13.7. The summed E-state index contributed by atoms with van der Waals surface area (Å²) in [5.74, 6) is 0.753. The number of hydrogen-bond acceptors (Lipinski definition) is 7. The Balaban J connectivity index is 1.41. The van der Waals surface area contributed by atoms with E-state index >= 15 is 0 Å². The number of rotatable bonds is 7. The molecule has 208 valence electrons. The Bertz CT molecular complexity index is 1410. The lowest BCUT2D eigenvalue weighted by Crippen LogP contribution is -2.50. The summed E-state index contributed by atoms with van der Waals surface area (Å²) < 4.78 is 17.1. The molecule has 2 aliphatic rings. The molecule has 9 nitrogen and oxygen atoms in total. The molecule has 0 saturated heterocycles. The molecular weight excluding hydrogens is 510 g/mol. The number of aromatic nitrogens is 1. The van der Waals surface area contributed by atoms with Gasteiger partial charge < -0.3 is 29.1 Å². The predicted octanol–water partition coefficient (Wildman–Crippen LogP) is 3.97. The van der Waals surface area contributed by atoms with Gasteiger partial charge in [-0.25, -0.2) is 4.98 Å². The summed E-state index contributed by atoms with van der Waals surface area (Å²) in [7, 11) is 1.72. The van der Waals surface area contributed by atoms with Crippen LogP contribution in [0.15, 0.2) is 60.8 Å². The van der Waals surface area contributed by atoms with Gasteiger partial charge in [-0.3, -0.25) is 9.59 Å². The Morgan fingerprint density at radius 1 is 1.12 bits per heavy atom. The number of aliphatic hydroxyl groups excluding tert-OH is 1. The zero-order valence-electron chi connectivity index (χ0n) is 22.8. The minimum absolute atomic E-state index is 0.133. The number of carbonyl (C=O) groups is 2. The molecule has 2 aromatic carbocycles. The molecule has 0 unspecified atom stereocenters. The molecule has 40 heavy (non-hydrogen) atoms. The fourth-order valence-electron chi connectivity index (χ4n) is 4.79. The van der Waals surface area contributed by atoms with Crippen molar-refractivity contribution in [2.45, 2.75) is 26.0 Å². The summed E-state index contributed by atoms with van der Waals surface area (Å²) >= 11 is 0. The summed E-state index contributed by atoms with van der Waals surface area (Å²) in [6, 6.07) is 16.3. The Morgan fingerprint density at radius 2 is 1.88 bits per heavy atom. The highest BCUT2D eigenvalue weighted by Gasteiger charge is 2.35. The number of benzene rings is 2. The van der Waals surface area contributed by atoms with E-state index in [-0.39, 0.29) is 43.6 Å². The van der Waals surface area contributed by atoms with E-state index in [1.165, 1.54) is 0 Å². The standard InChI is InChI=1S/C31H33N3O6/c1-20-16-34(21(2)18-35)31(37)25-13-23(10-9-22-7-5-4-6-8-22)15-32-29(25)40-28(20)17-33(3)30(36)24-11-12-26-27(14-24)39-19-38-26/h4-15,20-21,28,35H,16-19H2,1-3H3/b10-9+/t20-,21-,28+/m1/s1. The van der Waals surface area contributed by atoms with Gasteiger partial charge in [-0.05, 0) is 42.3 Å². The molecule has 0 aliphatic carbocycles. The zero-order valence-corrected chi connectivity index (χ0v) is 22.8. The summed E-state index contributed by atoms with van der Waals surface area (Å²) in [5, 5.41) is 9.92. The number of aliphatic hydroxyl groups is 1. The molecule has 3 heterocycles. The van der Waals surface area contributed by atoms with E-state index < -0.39 is 12.1 Å². The van der Waals surface area contributed by atoms with Gasteiger partial charge in [0, 0.05) is 31.3 Å². The van der Waals surface area contributed by atoms with E-state index in [4.69, 9.17) is 14.2 Å². The van der Waals surface area contributed by atoms with Gasteiger partial charge in [-0.1, -0.05) is 49.4 Å². The maximum atomic E-state index is 13.7. The van der Waals surface area contributed by atoms with Crippen LogP contribution >= 0.6 is 0 Å². The number of ether oxygens (including phenoxy) is 3. The predicted molar refractivity (Wildman–Crippen MR) is 150 cm³/mol. The van der Waals surface area contributed by atoms with Crippen LogP contribution in [0.4, 0.5) is 0 Å². The molecule has 1 N–H and O–H groups in total. The maximum Gasteiger partial charge on any atom is 0.259 e. The zero-order chi connectivity index (χ0) is 28.2. The minimum atomic E-state index is -0.457. The first-order chi connectivity index (χ1) is 19.3. The number of nitrogens with zero attached hydrogens (tertiary/aromatic N) is 3. The van der Waals surface area contributed by atoms with Crippen molar-refractivity contribution in [3.05, 3.63) is 83.0 Å². The van der Waals surface area contributed by atoms with Crippen LogP contribution in [-0.2, 0) is 0 Å². The number of fused-ring (bicyclic) bond motifs is 2. The third kappa shape index (κ3) is 5.79. The summed E-state index contributed by atoms with van der Waals surface area (Å²) in [4.78, 5) is 34.7. The van der Waals surface area contributed by atoms with Crippen molar-refractivity contribution >= 4 is 24.0 Å². The lowest BCUT2D eigenvalue weighted by molar-refractivity contribution is 0.0313. The van der Waals surface area contributed by atoms with E-state index in [1.54, 1.807) is 47.3 Å². The van der Waals surface area contributed by atoms with Crippen molar-refractivity contribution in [3.8, 4) is 17.4 Å². The molecule has 0 bridgehead atoms. The first-order valence-electron chi connectivity index (χ1n) is 13.3. The molecule has 9 heteroatoms. The second-order valence-electron chi connectivity index (χ2n) is 10.2. The molecule has 2 amide bonds. The Morgan fingerprint density at radius 3 is 2.65 bits per heavy atom. The summed E-state index contributed by atoms with van der Waals surface area (Å²) in [6.07, 6.45) is 5.05. The first kappa shape index (κ1) is 27.2. The number of likely N-dealkylation sites (N-methyl/N-ethyl adjacent to an activating group) is 1. The summed E-state index contributed by atoms with van der Waals surface area (Å²) in [5.41, 5.74) is 2.56. The first-order valence-corrected chi connectivity index (χ1v) is 13.3. The Kier molecular flexibility index (Phi) is 8.02. The van der Waals surface area contributed by atoms with Gasteiger partial charge in [0.15, 0.2) is 11.5 Å². The van der Waals surface area contributed by atoms with E-state index in [0.29, 0.717) is 29.2 Å². The highest BCUT2D eigenvalue weighted by atomic mass is 16.7. The van der Waals surface area contributed by atoms with Crippen molar-refractivity contribution in [1.82, 2.24) is 14.8 Å². The number of pyridine rings is 1. The van der Waals surface area contributed by atoms with Crippen molar-refractivity contribution < 1.29 is 28.9 Å². The fourth-order valence-corrected chi connectivity index (χ4v) is 4.79. The molecule has 0 spiro atoms. The second kappa shape index (κ2) is 11.8. The van der Waals surface area contributed by atoms with Crippen LogP contribution in [0.1, 0.15) is 45.7 Å².